The quantitative estimate of drug-likeness (QED) is 0.736. The van der Waals surface area contributed by atoms with Crippen LogP contribution in [0.2, 0.25) is 0 Å². The summed E-state index contributed by atoms with van der Waals surface area (Å²) < 4.78 is 4.99. The summed E-state index contributed by atoms with van der Waals surface area (Å²) in [6.07, 6.45) is 9.70. The number of carbonyl (C=O) groups is 2. The van der Waals surface area contributed by atoms with Gasteiger partial charge in [0.25, 0.3) is 0 Å². The molecule has 1 heterocycles. The van der Waals surface area contributed by atoms with Crippen LogP contribution in [0, 0.1) is 17.8 Å². The molecule has 124 valence electrons. The molecule has 1 saturated heterocycles. The zero-order valence-corrected chi connectivity index (χ0v) is 13.9. The second kappa shape index (κ2) is 6.59. The number of ether oxygens (including phenoxy) is 1. The minimum Gasteiger partial charge on any atom is -0.467 e. The topological polar surface area (TPSA) is 46.6 Å². The lowest BCUT2D eigenvalue weighted by atomic mass is 9.81. The van der Waals surface area contributed by atoms with Crippen LogP contribution in [-0.2, 0) is 14.3 Å². The van der Waals surface area contributed by atoms with Gasteiger partial charge in [0, 0.05) is 12.0 Å². The molecule has 3 aliphatic rings. The Kier molecular flexibility index (Phi) is 4.74. The Bertz CT molecular complexity index is 428. The van der Waals surface area contributed by atoms with E-state index in [9.17, 15) is 9.59 Å². The van der Waals surface area contributed by atoms with E-state index < -0.39 is 0 Å². The number of carbonyl (C=O) groups excluding carboxylic acids is 2. The van der Waals surface area contributed by atoms with Crippen LogP contribution in [-0.4, -0.2) is 36.0 Å². The Morgan fingerprint density at radius 2 is 1.68 bits per heavy atom. The van der Waals surface area contributed by atoms with Crippen LogP contribution in [0.4, 0.5) is 0 Å². The number of rotatable bonds is 2. The van der Waals surface area contributed by atoms with Gasteiger partial charge in [-0.25, -0.2) is 4.79 Å². The van der Waals surface area contributed by atoms with Crippen molar-refractivity contribution in [3.63, 3.8) is 0 Å². The zero-order chi connectivity index (χ0) is 15.7. The van der Waals surface area contributed by atoms with Crippen molar-refractivity contribution in [2.24, 2.45) is 17.8 Å². The minimum atomic E-state index is -0.329. The van der Waals surface area contributed by atoms with Crippen molar-refractivity contribution in [2.45, 2.75) is 76.8 Å². The summed E-state index contributed by atoms with van der Waals surface area (Å²) in [5, 5.41) is 0. The molecule has 4 heteroatoms. The van der Waals surface area contributed by atoms with Crippen molar-refractivity contribution in [2.75, 3.05) is 7.11 Å². The molecule has 2 aliphatic carbocycles. The third-order valence-electron chi connectivity index (χ3n) is 6.18. The van der Waals surface area contributed by atoms with Crippen LogP contribution in [0.25, 0.3) is 0 Å². The highest BCUT2D eigenvalue weighted by Crippen LogP contribution is 2.42. The van der Waals surface area contributed by atoms with Crippen LogP contribution in [0.3, 0.4) is 0 Å². The Labute approximate surface area is 133 Å². The molecule has 1 amide bonds. The lowest BCUT2D eigenvalue weighted by Gasteiger charge is -2.37. The Hall–Kier alpha value is -1.06. The molecule has 22 heavy (non-hydrogen) atoms. The largest absolute Gasteiger partial charge is 0.467 e. The maximum Gasteiger partial charge on any atom is 0.328 e. The fourth-order valence-corrected chi connectivity index (χ4v) is 4.84. The van der Waals surface area contributed by atoms with Crippen molar-refractivity contribution in [3.8, 4) is 0 Å². The second-order valence-electron chi connectivity index (χ2n) is 7.59. The van der Waals surface area contributed by atoms with E-state index in [-0.39, 0.29) is 29.9 Å². The molecule has 0 spiro atoms. The molecule has 0 radical (unpaired) electrons. The highest BCUT2D eigenvalue weighted by atomic mass is 16.5. The summed E-state index contributed by atoms with van der Waals surface area (Å²) in [5.74, 6) is 1.39. The highest BCUT2D eigenvalue weighted by molar-refractivity contribution is 5.87. The molecule has 2 saturated carbocycles. The van der Waals surface area contributed by atoms with Gasteiger partial charge in [-0.15, -0.1) is 0 Å². The molecule has 3 rings (SSSR count). The predicted octanol–water partition coefficient (Wildman–Crippen LogP) is 3.15. The van der Waals surface area contributed by atoms with Crippen LogP contribution in [0.1, 0.15) is 64.7 Å². The summed E-state index contributed by atoms with van der Waals surface area (Å²) in [6, 6.07) is -0.0466. The maximum absolute atomic E-state index is 13.1. The standard InChI is InChI=1S/C18H29NO3/c1-12-7-9-13(10-8-12)17(20)19-15-6-4-3-5-14(15)11-16(19)18(21)22-2/h12-16H,3-11H2,1-2H3/t12?,13?,14-,15+,16-/m0/s1. The molecular weight excluding hydrogens is 278 g/mol. The molecule has 3 atom stereocenters. The number of likely N-dealkylation sites (tertiary alicyclic amines) is 1. The first kappa shape index (κ1) is 15.8. The summed E-state index contributed by atoms with van der Waals surface area (Å²) in [4.78, 5) is 27.3. The minimum absolute atomic E-state index is 0.129. The van der Waals surface area contributed by atoms with Crippen molar-refractivity contribution in [1.82, 2.24) is 4.90 Å². The normalized spacial score (nSPS) is 38.5. The summed E-state index contributed by atoms with van der Waals surface area (Å²) in [7, 11) is 1.44. The maximum atomic E-state index is 13.1. The smallest absolute Gasteiger partial charge is 0.328 e. The van der Waals surface area contributed by atoms with Gasteiger partial charge in [0.05, 0.1) is 7.11 Å². The van der Waals surface area contributed by atoms with Gasteiger partial charge in [0.2, 0.25) is 5.91 Å². The average molecular weight is 307 g/mol. The fraction of sp³-hybridized carbons (Fsp3) is 0.889. The molecule has 1 aliphatic heterocycles. The SMILES string of the molecule is COC(=O)[C@@H]1C[C@@H]2CCCC[C@H]2N1C(=O)C1CCC(C)CC1. The third-order valence-corrected chi connectivity index (χ3v) is 6.18. The van der Waals surface area contributed by atoms with Gasteiger partial charge in [-0.2, -0.15) is 0 Å². The van der Waals surface area contributed by atoms with Gasteiger partial charge in [-0.3, -0.25) is 4.79 Å². The van der Waals surface area contributed by atoms with E-state index in [4.69, 9.17) is 4.74 Å². The van der Waals surface area contributed by atoms with E-state index in [0.29, 0.717) is 5.92 Å². The first-order chi connectivity index (χ1) is 10.6. The summed E-state index contributed by atoms with van der Waals surface area (Å²) in [6.45, 7) is 2.27. The van der Waals surface area contributed by atoms with Gasteiger partial charge >= 0.3 is 5.97 Å². The van der Waals surface area contributed by atoms with E-state index in [0.717, 1.165) is 50.9 Å². The average Bonchev–Trinajstić information content (AvgIpc) is 2.93. The number of nitrogens with zero attached hydrogens (tertiary/aromatic N) is 1. The number of esters is 1. The number of fused-ring (bicyclic) bond motifs is 1. The van der Waals surface area contributed by atoms with E-state index in [2.05, 4.69) is 6.92 Å². The fourth-order valence-electron chi connectivity index (χ4n) is 4.84. The first-order valence-corrected chi connectivity index (χ1v) is 9.01. The van der Waals surface area contributed by atoms with Gasteiger partial charge in [0.15, 0.2) is 0 Å². The second-order valence-corrected chi connectivity index (χ2v) is 7.59. The Morgan fingerprint density at radius 1 is 1.00 bits per heavy atom. The van der Waals surface area contributed by atoms with Crippen molar-refractivity contribution >= 4 is 11.9 Å². The van der Waals surface area contributed by atoms with E-state index in [1.54, 1.807) is 0 Å². The predicted molar refractivity (Wildman–Crippen MR) is 84.1 cm³/mol. The van der Waals surface area contributed by atoms with E-state index in [1.807, 2.05) is 4.90 Å². The molecule has 0 bridgehead atoms. The zero-order valence-electron chi connectivity index (χ0n) is 13.9. The molecule has 0 unspecified atom stereocenters. The molecule has 0 N–H and O–H groups in total. The molecule has 3 fully saturated rings. The van der Waals surface area contributed by atoms with Gasteiger partial charge in [-0.05, 0) is 56.8 Å². The van der Waals surface area contributed by atoms with Gasteiger partial charge in [-0.1, -0.05) is 19.8 Å². The first-order valence-electron chi connectivity index (χ1n) is 9.01. The van der Waals surface area contributed by atoms with E-state index in [1.165, 1.54) is 20.0 Å². The number of amides is 1. The van der Waals surface area contributed by atoms with Crippen molar-refractivity contribution in [1.29, 1.82) is 0 Å². The Morgan fingerprint density at radius 3 is 2.36 bits per heavy atom. The molecule has 0 aromatic carbocycles. The van der Waals surface area contributed by atoms with Crippen molar-refractivity contribution < 1.29 is 14.3 Å². The number of hydrogen-bond donors (Lipinski definition) is 0. The lowest BCUT2D eigenvalue weighted by molar-refractivity contribution is -0.154. The van der Waals surface area contributed by atoms with Gasteiger partial charge < -0.3 is 9.64 Å². The van der Waals surface area contributed by atoms with Crippen LogP contribution < -0.4 is 0 Å². The van der Waals surface area contributed by atoms with Crippen LogP contribution >= 0.6 is 0 Å². The number of methoxy groups -OCH3 is 1. The molecule has 0 aromatic heterocycles. The number of hydrogen-bond acceptors (Lipinski definition) is 3. The van der Waals surface area contributed by atoms with Crippen LogP contribution in [0.5, 0.6) is 0 Å². The summed E-state index contributed by atoms with van der Waals surface area (Å²) >= 11 is 0. The molecule has 0 aromatic rings. The van der Waals surface area contributed by atoms with Crippen LogP contribution in [0.15, 0.2) is 0 Å². The highest BCUT2D eigenvalue weighted by Gasteiger charge is 2.49. The van der Waals surface area contributed by atoms with E-state index >= 15 is 0 Å². The monoisotopic (exact) mass is 307 g/mol. The third kappa shape index (κ3) is 2.89. The van der Waals surface area contributed by atoms with Crippen molar-refractivity contribution in [3.05, 3.63) is 0 Å². The Balaban J connectivity index is 1.77. The molecule has 4 nitrogen and oxygen atoms in total. The molecular formula is C18H29NO3. The lowest BCUT2D eigenvalue weighted by Crippen LogP contribution is -2.49. The van der Waals surface area contributed by atoms with Gasteiger partial charge in [0.1, 0.15) is 6.04 Å². The summed E-state index contributed by atoms with van der Waals surface area (Å²) in [5.41, 5.74) is 0.